The minimum absolute atomic E-state index is 0.0649. The molecule has 3 heterocycles. The van der Waals surface area contributed by atoms with Crippen LogP contribution in [0.5, 0.6) is 0 Å². The van der Waals surface area contributed by atoms with E-state index in [0.29, 0.717) is 30.1 Å². The molecule has 0 spiro atoms. The van der Waals surface area contributed by atoms with Crippen LogP contribution in [-0.4, -0.2) is 40.6 Å². The van der Waals surface area contributed by atoms with E-state index < -0.39 is 11.8 Å². The van der Waals surface area contributed by atoms with Gasteiger partial charge in [0.1, 0.15) is 11.8 Å². The van der Waals surface area contributed by atoms with Crippen molar-refractivity contribution in [2.24, 2.45) is 0 Å². The van der Waals surface area contributed by atoms with E-state index >= 15 is 0 Å². The number of carbonyl (C=O) groups is 3. The molecule has 1 aliphatic heterocycles. The van der Waals surface area contributed by atoms with Crippen molar-refractivity contribution in [3.05, 3.63) is 66.9 Å². The number of benzene rings is 1. The monoisotopic (exact) mass is 421 g/mol. The Balaban J connectivity index is 1.38. The number of rotatable bonds is 6. The molecule has 1 unspecified atom stereocenters. The highest BCUT2D eigenvalue weighted by molar-refractivity contribution is 6.39. The normalized spacial score (nSPS) is 14.8. The van der Waals surface area contributed by atoms with Gasteiger partial charge in [-0.1, -0.05) is 6.07 Å². The molecule has 1 aliphatic rings. The summed E-state index contributed by atoms with van der Waals surface area (Å²) in [6.45, 7) is 0.780. The van der Waals surface area contributed by atoms with Crippen LogP contribution in [0.15, 0.2) is 65.5 Å². The average molecular weight is 421 g/mol. The van der Waals surface area contributed by atoms with Crippen LogP contribution >= 0.6 is 0 Å². The molecule has 1 fully saturated rings. The van der Waals surface area contributed by atoms with Crippen LogP contribution in [-0.2, 0) is 14.4 Å². The van der Waals surface area contributed by atoms with Gasteiger partial charge in [-0.3, -0.25) is 19.1 Å². The highest BCUT2D eigenvalue weighted by Crippen LogP contribution is 2.24. The van der Waals surface area contributed by atoms with E-state index in [9.17, 15) is 14.4 Å². The van der Waals surface area contributed by atoms with Crippen molar-refractivity contribution in [2.75, 3.05) is 23.3 Å². The maximum Gasteiger partial charge on any atom is 0.313 e. The Kier molecular flexibility index (Phi) is 6.11. The van der Waals surface area contributed by atoms with Crippen LogP contribution in [0.3, 0.4) is 0 Å². The van der Waals surface area contributed by atoms with E-state index in [2.05, 4.69) is 15.7 Å². The van der Waals surface area contributed by atoms with Crippen LogP contribution < -0.4 is 15.5 Å². The van der Waals surface area contributed by atoms with Crippen LogP contribution in [0.2, 0.25) is 0 Å². The standard InChI is InChI=1S/C22H23N5O4/c28-20-9-1-2-11-26(20)17-7-3-6-16(14-17)25-22(30)21(29)23-15-18(19-8-4-13-31-19)27-12-5-10-24-27/h3-8,10,12-14,18H,1-2,9,11,15H2,(H,23,29)(H,25,30). The summed E-state index contributed by atoms with van der Waals surface area (Å²) in [5, 5.41) is 9.42. The van der Waals surface area contributed by atoms with Crippen LogP contribution in [0.4, 0.5) is 11.4 Å². The van der Waals surface area contributed by atoms with Crippen LogP contribution in [0.1, 0.15) is 31.1 Å². The second kappa shape index (κ2) is 9.29. The molecule has 9 heteroatoms. The lowest BCUT2D eigenvalue weighted by molar-refractivity contribution is -0.136. The van der Waals surface area contributed by atoms with Gasteiger partial charge in [0.05, 0.1) is 6.26 Å². The Morgan fingerprint density at radius 1 is 1.13 bits per heavy atom. The number of piperidine rings is 1. The molecule has 0 aliphatic carbocycles. The fourth-order valence-corrected chi connectivity index (χ4v) is 3.56. The molecule has 0 radical (unpaired) electrons. The first-order valence-corrected chi connectivity index (χ1v) is 10.1. The molecule has 3 amide bonds. The van der Waals surface area contributed by atoms with Gasteiger partial charge in [0.25, 0.3) is 0 Å². The molecule has 2 N–H and O–H groups in total. The number of nitrogens with zero attached hydrogens (tertiary/aromatic N) is 3. The Labute approximate surface area is 179 Å². The number of amides is 3. The predicted octanol–water partition coefficient (Wildman–Crippen LogP) is 2.34. The first kappa shape index (κ1) is 20.4. The van der Waals surface area contributed by atoms with E-state index in [1.165, 1.54) is 0 Å². The molecular weight excluding hydrogens is 398 g/mol. The Morgan fingerprint density at radius 3 is 2.77 bits per heavy atom. The van der Waals surface area contributed by atoms with Gasteiger partial charge in [-0.2, -0.15) is 5.10 Å². The van der Waals surface area contributed by atoms with Gasteiger partial charge >= 0.3 is 11.8 Å². The van der Waals surface area contributed by atoms with Crippen LogP contribution in [0, 0.1) is 0 Å². The first-order valence-electron chi connectivity index (χ1n) is 10.1. The maximum atomic E-state index is 12.4. The number of furan rings is 1. The molecule has 1 saturated heterocycles. The summed E-state index contributed by atoms with van der Waals surface area (Å²) in [5.41, 5.74) is 1.16. The minimum Gasteiger partial charge on any atom is -0.467 e. The summed E-state index contributed by atoms with van der Waals surface area (Å²) < 4.78 is 7.09. The van der Waals surface area contributed by atoms with E-state index in [1.807, 2.05) is 6.07 Å². The smallest absolute Gasteiger partial charge is 0.313 e. The van der Waals surface area contributed by atoms with E-state index in [1.54, 1.807) is 64.6 Å². The van der Waals surface area contributed by atoms with E-state index in [0.717, 1.165) is 12.8 Å². The van der Waals surface area contributed by atoms with E-state index in [4.69, 9.17) is 4.42 Å². The number of hydrogen-bond donors (Lipinski definition) is 2. The lowest BCUT2D eigenvalue weighted by Crippen LogP contribution is -2.39. The molecule has 4 rings (SSSR count). The number of aromatic nitrogens is 2. The Bertz CT molecular complexity index is 1010. The van der Waals surface area contributed by atoms with Gasteiger partial charge in [0.2, 0.25) is 5.91 Å². The number of hydrogen-bond acceptors (Lipinski definition) is 5. The highest BCUT2D eigenvalue weighted by Gasteiger charge is 2.22. The SMILES string of the molecule is O=C(NCC(c1ccco1)n1cccn1)C(=O)Nc1cccc(N2CCCCC2=O)c1. The quantitative estimate of drug-likeness (QED) is 0.594. The minimum atomic E-state index is -0.791. The lowest BCUT2D eigenvalue weighted by Gasteiger charge is -2.27. The molecule has 3 aromatic rings. The predicted molar refractivity (Wildman–Crippen MR) is 113 cm³/mol. The zero-order valence-electron chi connectivity index (χ0n) is 16.9. The Hall–Kier alpha value is -3.88. The first-order chi connectivity index (χ1) is 15.1. The second-order valence-corrected chi connectivity index (χ2v) is 7.23. The second-order valence-electron chi connectivity index (χ2n) is 7.23. The highest BCUT2D eigenvalue weighted by atomic mass is 16.3. The van der Waals surface area contributed by atoms with Crippen molar-refractivity contribution in [3.8, 4) is 0 Å². The third-order valence-electron chi connectivity index (χ3n) is 5.12. The van der Waals surface area contributed by atoms with Crippen LogP contribution in [0.25, 0.3) is 0 Å². The third-order valence-corrected chi connectivity index (χ3v) is 5.12. The van der Waals surface area contributed by atoms with Gasteiger partial charge in [-0.25, -0.2) is 0 Å². The molecule has 160 valence electrons. The largest absolute Gasteiger partial charge is 0.467 e. The van der Waals surface area contributed by atoms with Crippen molar-refractivity contribution in [3.63, 3.8) is 0 Å². The number of anilines is 2. The summed E-state index contributed by atoms with van der Waals surface area (Å²) >= 11 is 0. The van der Waals surface area contributed by atoms with Gasteiger partial charge < -0.3 is 20.0 Å². The van der Waals surface area contributed by atoms with Gasteiger partial charge in [0.15, 0.2) is 0 Å². The summed E-state index contributed by atoms with van der Waals surface area (Å²) in [6, 6.07) is 11.9. The maximum absolute atomic E-state index is 12.4. The molecule has 9 nitrogen and oxygen atoms in total. The molecule has 1 atom stereocenters. The molecule has 0 bridgehead atoms. The fourth-order valence-electron chi connectivity index (χ4n) is 3.56. The third kappa shape index (κ3) is 4.82. The zero-order valence-corrected chi connectivity index (χ0v) is 16.9. The summed E-state index contributed by atoms with van der Waals surface area (Å²) in [4.78, 5) is 38.6. The molecule has 1 aromatic carbocycles. The molecule has 2 aromatic heterocycles. The van der Waals surface area contributed by atoms with Gasteiger partial charge in [-0.15, -0.1) is 0 Å². The molecular formula is C22H23N5O4. The van der Waals surface area contributed by atoms with Gasteiger partial charge in [0, 0.05) is 43.3 Å². The topological polar surface area (TPSA) is 109 Å². The van der Waals surface area contributed by atoms with Crippen molar-refractivity contribution in [1.29, 1.82) is 0 Å². The Morgan fingerprint density at radius 2 is 2.03 bits per heavy atom. The molecule has 31 heavy (non-hydrogen) atoms. The van der Waals surface area contributed by atoms with Crippen molar-refractivity contribution in [1.82, 2.24) is 15.1 Å². The number of nitrogens with one attached hydrogen (secondary N) is 2. The zero-order chi connectivity index (χ0) is 21.6. The summed E-state index contributed by atoms with van der Waals surface area (Å²) in [7, 11) is 0. The fraction of sp³-hybridized carbons (Fsp3) is 0.273. The van der Waals surface area contributed by atoms with Crippen molar-refractivity contribution >= 4 is 29.1 Å². The van der Waals surface area contributed by atoms with Crippen molar-refractivity contribution in [2.45, 2.75) is 25.3 Å². The lowest BCUT2D eigenvalue weighted by atomic mass is 10.1. The summed E-state index contributed by atoms with van der Waals surface area (Å²) in [5.74, 6) is -0.887. The van der Waals surface area contributed by atoms with Crippen molar-refractivity contribution < 1.29 is 18.8 Å². The molecule has 0 saturated carbocycles. The average Bonchev–Trinajstić information content (AvgIpc) is 3.49. The van der Waals surface area contributed by atoms with E-state index in [-0.39, 0.29) is 18.5 Å². The van der Waals surface area contributed by atoms with Gasteiger partial charge in [-0.05, 0) is 49.2 Å². The number of carbonyl (C=O) groups excluding carboxylic acids is 3. The summed E-state index contributed by atoms with van der Waals surface area (Å²) in [6.07, 6.45) is 7.28.